The minimum atomic E-state index is -4.70. The molecular formula is C30H34F3N7O3. The third-order valence-corrected chi connectivity index (χ3v) is 8.81. The molecule has 2 saturated heterocycles. The molecule has 43 heavy (non-hydrogen) atoms. The van der Waals surface area contributed by atoms with Gasteiger partial charge < -0.3 is 19.9 Å². The highest BCUT2D eigenvalue weighted by molar-refractivity contribution is 5.80. The second kappa shape index (κ2) is 11.9. The first kappa shape index (κ1) is 29.1. The Balaban J connectivity index is 1.20. The number of hydrogen-bond donors (Lipinski definition) is 1. The zero-order valence-electron chi connectivity index (χ0n) is 23.9. The van der Waals surface area contributed by atoms with Crippen molar-refractivity contribution < 1.29 is 27.5 Å². The highest BCUT2D eigenvalue weighted by Gasteiger charge is 2.39. The van der Waals surface area contributed by atoms with Crippen molar-refractivity contribution in [1.29, 1.82) is 0 Å². The minimum Gasteiger partial charge on any atom is -0.493 e. The third kappa shape index (κ3) is 6.08. The SMILES string of the molecule is CC(=O)N1CCC(C(=O)N2CC[C@@H](NCc3cc(-n4nnnc4C(F)(F)F)cc4c3OCC4)[C@@H](c3ccccc3)C2)CC1. The number of rotatable bonds is 6. The van der Waals surface area contributed by atoms with Gasteiger partial charge >= 0.3 is 6.18 Å². The summed E-state index contributed by atoms with van der Waals surface area (Å²) in [6.07, 6.45) is -2.06. The summed E-state index contributed by atoms with van der Waals surface area (Å²) in [6.45, 7) is 4.74. The molecule has 2 amide bonds. The lowest BCUT2D eigenvalue weighted by atomic mass is 9.84. The number of tetrazole rings is 1. The summed E-state index contributed by atoms with van der Waals surface area (Å²) < 4.78 is 47.3. The van der Waals surface area contributed by atoms with Crippen LogP contribution in [0.1, 0.15) is 54.6 Å². The smallest absolute Gasteiger partial charge is 0.453 e. The van der Waals surface area contributed by atoms with E-state index < -0.39 is 12.0 Å². The second-order valence-corrected chi connectivity index (χ2v) is 11.5. The molecule has 1 aromatic heterocycles. The Morgan fingerprint density at radius 2 is 1.79 bits per heavy atom. The van der Waals surface area contributed by atoms with Gasteiger partial charge in [0.15, 0.2) is 0 Å². The van der Waals surface area contributed by atoms with Crippen LogP contribution in [-0.4, -0.2) is 80.6 Å². The highest BCUT2D eigenvalue weighted by Crippen LogP contribution is 2.36. The molecule has 13 heteroatoms. The summed E-state index contributed by atoms with van der Waals surface area (Å²) in [6, 6.07) is 13.4. The van der Waals surface area contributed by atoms with Crippen molar-refractivity contribution in [2.24, 2.45) is 5.92 Å². The Bertz CT molecular complexity index is 1470. The molecule has 0 unspecified atom stereocenters. The van der Waals surface area contributed by atoms with E-state index in [4.69, 9.17) is 4.74 Å². The number of halogens is 3. The molecule has 0 aliphatic carbocycles. The summed E-state index contributed by atoms with van der Waals surface area (Å²) >= 11 is 0. The molecule has 3 aliphatic heterocycles. The number of likely N-dealkylation sites (tertiary alicyclic amines) is 2. The van der Waals surface area contributed by atoms with E-state index in [2.05, 4.69) is 33.0 Å². The van der Waals surface area contributed by atoms with Crippen LogP contribution in [0.3, 0.4) is 0 Å². The van der Waals surface area contributed by atoms with Crippen LogP contribution in [-0.2, 0) is 28.7 Å². The maximum absolute atomic E-state index is 13.6. The fourth-order valence-corrected chi connectivity index (χ4v) is 6.54. The molecule has 3 aromatic rings. The molecule has 0 spiro atoms. The average molecular weight is 598 g/mol. The molecule has 2 fully saturated rings. The van der Waals surface area contributed by atoms with Crippen LogP contribution in [0.2, 0.25) is 0 Å². The van der Waals surface area contributed by atoms with E-state index in [1.165, 1.54) is 0 Å². The fraction of sp³-hybridized carbons (Fsp3) is 0.500. The van der Waals surface area contributed by atoms with Crippen molar-refractivity contribution in [3.05, 3.63) is 65.0 Å². The number of fused-ring (bicyclic) bond motifs is 1. The van der Waals surface area contributed by atoms with Gasteiger partial charge in [-0.2, -0.15) is 17.9 Å². The van der Waals surface area contributed by atoms with Crippen LogP contribution in [0.4, 0.5) is 13.2 Å². The molecule has 2 atom stereocenters. The topological polar surface area (TPSA) is 105 Å². The second-order valence-electron chi connectivity index (χ2n) is 11.5. The van der Waals surface area contributed by atoms with Gasteiger partial charge in [0, 0.05) is 69.5 Å². The fourth-order valence-electron chi connectivity index (χ4n) is 6.54. The Labute approximate surface area is 247 Å². The van der Waals surface area contributed by atoms with E-state index in [1.807, 2.05) is 23.1 Å². The molecule has 0 radical (unpaired) electrons. The number of nitrogens with zero attached hydrogens (tertiary/aromatic N) is 6. The lowest BCUT2D eigenvalue weighted by Gasteiger charge is -2.42. The van der Waals surface area contributed by atoms with Crippen molar-refractivity contribution >= 4 is 11.8 Å². The van der Waals surface area contributed by atoms with E-state index in [1.54, 1.807) is 24.0 Å². The van der Waals surface area contributed by atoms with Gasteiger partial charge in [-0.3, -0.25) is 9.59 Å². The molecule has 0 bridgehead atoms. The van der Waals surface area contributed by atoms with Gasteiger partial charge in [0.25, 0.3) is 5.82 Å². The number of hydrogen-bond acceptors (Lipinski definition) is 7. The summed E-state index contributed by atoms with van der Waals surface area (Å²) in [5, 5.41) is 13.7. The van der Waals surface area contributed by atoms with Gasteiger partial charge in [-0.15, -0.1) is 5.10 Å². The van der Waals surface area contributed by atoms with Gasteiger partial charge in [-0.05, 0) is 52.9 Å². The van der Waals surface area contributed by atoms with E-state index in [0.29, 0.717) is 70.8 Å². The lowest BCUT2D eigenvalue weighted by Crippen LogP contribution is -2.52. The molecule has 1 N–H and O–H groups in total. The van der Waals surface area contributed by atoms with Crippen molar-refractivity contribution in [3.63, 3.8) is 0 Å². The molecule has 10 nitrogen and oxygen atoms in total. The summed E-state index contributed by atoms with van der Waals surface area (Å²) in [5.41, 5.74) is 2.89. The van der Waals surface area contributed by atoms with Gasteiger partial charge in [0.1, 0.15) is 5.75 Å². The van der Waals surface area contributed by atoms with Gasteiger partial charge in [0.05, 0.1) is 12.3 Å². The van der Waals surface area contributed by atoms with Crippen LogP contribution >= 0.6 is 0 Å². The van der Waals surface area contributed by atoms with Crippen LogP contribution in [0.25, 0.3) is 5.69 Å². The third-order valence-electron chi connectivity index (χ3n) is 8.81. The number of carbonyl (C=O) groups excluding carboxylic acids is 2. The number of nitrogens with one attached hydrogen (secondary N) is 1. The monoisotopic (exact) mass is 597 g/mol. The zero-order chi connectivity index (χ0) is 30.1. The number of ether oxygens (including phenoxy) is 1. The highest BCUT2D eigenvalue weighted by atomic mass is 19.4. The lowest BCUT2D eigenvalue weighted by molar-refractivity contribution is -0.146. The van der Waals surface area contributed by atoms with E-state index in [-0.39, 0.29) is 35.4 Å². The molecule has 2 aromatic carbocycles. The molecule has 3 aliphatic rings. The molecule has 6 rings (SSSR count). The van der Waals surface area contributed by atoms with E-state index in [0.717, 1.165) is 21.4 Å². The molecule has 0 saturated carbocycles. The number of amides is 2. The van der Waals surface area contributed by atoms with Gasteiger partial charge in [-0.1, -0.05) is 30.3 Å². The minimum absolute atomic E-state index is 0.0182. The number of alkyl halides is 3. The Hall–Kier alpha value is -4.00. The van der Waals surface area contributed by atoms with Gasteiger partial charge in [0.2, 0.25) is 11.8 Å². The predicted octanol–water partition coefficient (Wildman–Crippen LogP) is 3.35. The average Bonchev–Trinajstić information content (AvgIpc) is 3.70. The van der Waals surface area contributed by atoms with Crippen LogP contribution in [0, 0.1) is 5.92 Å². The number of carbonyl (C=O) groups is 2. The van der Waals surface area contributed by atoms with Crippen LogP contribution in [0.5, 0.6) is 5.75 Å². The quantitative estimate of drug-likeness (QED) is 0.465. The Kier molecular flexibility index (Phi) is 8.08. The van der Waals surface area contributed by atoms with Gasteiger partial charge in [-0.25, -0.2) is 0 Å². The van der Waals surface area contributed by atoms with Crippen molar-refractivity contribution in [3.8, 4) is 11.4 Å². The summed E-state index contributed by atoms with van der Waals surface area (Å²) in [5.74, 6) is -0.390. The van der Waals surface area contributed by atoms with Crippen molar-refractivity contribution in [1.82, 2.24) is 35.3 Å². The first-order valence-electron chi connectivity index (χ1n) is 14.7. The summed E-state index contributed by atoms with van der Waals surface area (Å²) in [4.78, 5) is 29.0. The Morgan fingerprint density at radius 3 is 2.51 bits per heavy atom. The normalized spacial score (nSPS) is 21.0. The number of benzene rings is 2. The van der Waals surface area contributed by atoms with E-state index >= 15 is 0 Å². The van der Waals surface area contributed by atoms with Crippen LogP contribution in [0.15, 0.2) is 42.5 Å². The Morgan fingerprint density at radius 1 is 1.05 bits per heavy atom. The predicted molar refractivity (Wildman–Crippen MR) is 149 cm³/mol. The molecule has 4 heterocycles. The first-order valence-corrected chi connectivity index (χ1v) is 14.7. The maximum atomic E-state index is 13.6. The zero-order valence-corrected chi connectivity index (χ0v) is 23.9. The molecular weight excluding hydrogens is 563 g/mol. The maximum Gasteiger partial charge on any atom is 0.453 e. The van der Waals surface area contributed by atoms with E-state index in [9.17, 15) is 22.8 Å². The molecule has 228 valence electrons. The van der Waals surface area contributed by atoms with Crippen molar-refractivity contribution in [2.75, 3.05) is 32.8 Å². The number of aromatic nitrogens is 4. The number of piperidine rings is 2. The first-order chi connectivity index (χ1) is 20.7. The standard InChI is InChI=1S/C30H34F3N7O3/c1-19(41)38-11-7-21(8-12-38)28(42)39-13-9-26(25(18-39)20-5-3-2-4-6-20)34-17-23-16-24(15-22-10-14-43-27(22)23)40-29(30(31,32)33)35-36-37-40/h2-6,15-16,21,25-26,34H,7-14,17-18H2,1H3/t25-,26-/m1/s1. The van der Waals surface area contributed by atoms with Crippen LogP contribution < -0.4 is 10.1 Å². The summed E-state index contributed by atoms with van der Waals surface area (Å²) in [7, 11) is 0. The van der Waals surface area contributed by atoms with Crippen molar-refractivity contribution in [2.45, 2.75) is 57.3 Å². The largest absolute Gasteiger partial charge is 0.493 e.